The highest BCUT2D eigenvalue weighted by molar-refractivity contribution is 5.71. The molecule has 2 aliphatic rings. The number of hydrogen-bond acceptors (Lipinski definition) is 0. The molecule has 2 aliphatic carbocycles. The predicted molar refractivity (Wildman–Crippen MR) is 53.9 cm³/mol. The number of benzene rings is 1. The molecule has 13 heavy (non-hydrogen) atoms. The minimum atomic E-state index is 0.203. The summed E-state index contributed by atoms with van der Waals surface area (Å²) >= 11 is 0. The first kappa shape index (κ1) is 7.61. The monoisotopic (exact) mass is 170 g/mol. The third kappa shape index (κ3) is 0.688. The first-order valence-electron chi connectivity index (χ1n) is 4.91. The van der Waals surface area contributed by atoms with Gasteiger partial charge in [-0.3, -0.25) is 0 Å². The fraction of sp³-hybridized carbons (Fsp3) is 0.462. The summed E-state index contributed by atoms with van der Waals surface area (Å²) in [7, 11) is 0. The minimum absolute atomic E-state index is 0.203. The SMILES string of the molecule is CC1(C)[C]c2ccc3c(c21)C3(C)C. The molecule has 1 aromatic carbocycles. The van der Waals surface area contributed by atoms with Gasteiger partial charge in [0, 0.05) is 17.3 Å². The Balaban J connectivity index is 2.26. The van der Waals surface area contributed by atoms with Crippen LogP contribution in [0, 0.1) is 6.42 Å². The van der Waals surface area contributed by atoms with Gasteiger partial charge < -0.3 is 0 Å². The highest BCUT2D eigenvalue weighted by Gasteiger charge is 2.50. The Kier molecular flexibility index (Phi) is 0.998. The molecule has 0 aromatic heterocycles. The van der Waals surface area contributed by atoms with E-state index in [4.69, 9.17) is 0 Å². The van der Waals surface area contributed by atoms with Gasteiger partial charge in [0.05, 0.1) is 0 Å². The van der Waals surface area contributed by atoms with Gasteiger partial charge in [0.2, 0.25) is 0 Å². The van der Waals surface area contributed by atoms with E-state index in [0.717, 1.165) is 0 Å². The van der Waals surface area contributed by atoms with E-state index in [1.165, 1.54) is 5.56 Å². The average Bonchev–Trinajstić information content (AvgIpc) is 2.51. The van der Waals surface area contributed by atoms with Crippen molar-refractivity contribution >= 4 is 0 Å². The fourth-order valence-corrected chi connectivity index (χ4v) is 2.71. The van der Waals surface area contributed by atoms with Crippen molar-refractivity contribution < 1.29 is 0 Å². The molecule has 0 atom stereocenters. The highest BCUT2D eigenvalue weighted by Crippen LogP contribution is 2.59. The summed E-state index contributed by atoms with van der Waals surface area (Å²) in [5, 5.41) is 0. The molecule has 1 aromatic rings. The zero-order valence-corrected chi connectivity index (χ0v) is 8.65. The van der Waals surface area contributed by atoms with Crippen LogP contribution < -0.4 is 0 Å². The van der Waals surface area contributed by atoms with Crippen LogP contribution in [0.4, 0.5) is 0 Å². The second-order valence-electron chi connectivity index (χ2n) is 5.29. The lowest BCUT2D eigenvalue weighted by atomic mass is 9.66. The van der Waals surface area contributed by atoms with Crippen molar-refractivity contribution in [2.45, 2.75) is 38.5 Å². The molecule has 0 saturated carbocycles. The molecule has 0 bridgehead atoms. The van der Waals surface area contributed by atoms with Crippen LogP contribution >= 0.6 is 0 Å². The van der Waals surface area contributed by atoms with Gasteiger partial charge in [0.25, 0.3) is 0 Å². The summed E-state index contributed by atoms with van der Waals surface area (Å²) in [5.41, 5.74) is 6.58. The molecule has 0 spiro atoms. The number of rotatable bonds is 0. The second-order valence-corrected chi connectivity index (χ2v) is 5.29. The summed E-state index contributed by atoms with van der Waals surface area (Å²) < 4.78 is 0. The zero-order valence-electron chi connectivity index (χ0n) is 8.65. The molecule has 0 heterocycles. The van der Waals surface area contributed by atoms with Crippen molar-refractivity contribution in [2.24, 2.45) is 0 Å². The Labute approximate surface area is 80.0 Å². The Bertz CT molecular complexity index is 408. The Morgan fingerprint density at radius 1 is 1.00 bits per heavy atom. The van der Waals surface area contributed by atoms with Crippen LogP contribution in [0.1, 0.15) is 49.9 Å². The maximum Gasteiger partial charge on any atom is 0.0276 e. The molecule has 0 nitrogen and oxygen atoms in total. The molecular formula is C13H14. The van der Waals surface area contributed by atoms with Gasteiger partial charge in [-0.05, 0) is 22.3 Å². The molecular weight excluding hydrogens is 156 g/mol. The van der Waals surface area contributed by atoms with Gasteiger partial charge in [-0.15, -0.1) is 0 Å². The molecule has 0 N–H and O–H groups in total. The normalized spacial score (nSPS) is 24.3. The summed E-state index contributed by atoms with van der Waals surface area (Å²) in [6.07, 6.45) is 3.47. The Morgan fingerprint density at radius 3 is 2.23 bits per heavy atom. The number of hydrogen-bond donors (Lipinski definition) is 0. The Morgan fingerprint density at radius 2 is 1.69 bits per heavy atom. The lowest BCUT2D eigenvalue weighted by Crippen LogP contribution is -2.30. The third-order valence-electron chi connectivity index (χ3n) is 3.51. The lowest BCUT2D eigenvalue weighted by Gasteiger charge is -2.37. The summed E-state index contributed by atoms with van der Waals surface area (Å²) in [4.78, 5) is 0. The van der Waals surface area contributed by atoms with E-state index < -0.39 is 0 Å². The predicted octanol–water partition coefficient (Wildman–Crippen LogP) is 3.05. The van der Waals surface area contributed by atoms with Crippen LogP contribution in [0.5, 0.6) is 0 Å². The van der Waals surface area contributed by atoms with Gasteiger partial charge >= 0.3 is 0 Å². The second kappa shape index (κ2) is 1.70. The highest BCUT2D eigenvalue weighted by atomic mass is 14.5. The van der Waals surface area contributed by atoms with Gasteiger partial charge in [-0.1, -0.05) is 39.8 Å². The third-order valence-corrected chi connectivity index (χ3v) is 3.51. The maximum atomic E-state index is 3.47. The van der Waals surface area contributed by atoms with E-state index in [9.17, 15) is 0 Å². The van der Waals surface area contributed by atoms with Gasteiger partial charge in [0.15, 0.2) is 0 Å². The van der Waals surface area contributed by atoms with Gasteiger partial charge in [-0.25, -0.2) is 0 Å². The minimum Gasteiger partial charge on any atom is -0.0578 e. The smallest absolute Gasteiger partial charge is 0.0276 e. The van der Waals surface area contributed by atoms with E-state index in [2.05, 4.69) is 46.2 Å². The molecule has 3 rings (SSSR count). The van der Waals surface area contributed by atoms with E-state index in [1.54, 1.807) is 16.7 Å². The van der Waals surface area contributed by atoms with Crippen molar-refractivity contribution in [1.82, 2.24) is 0 Å². The van der Waals surface area contributed by atoms with Crippen LogP contribution in [0.15, 0.2) is 12.1 Å². The van der Waals surface area contributed by atoms with E-state index >= 15 is 0 Å². The van der Waals surface area contributed by atoms with Crippen LogP contribution in [0.2, 0.25) is 0 Å². The Hall–Kier alpha value is -0.780. The summed E-state index contributed by atoms with van der Waals surface area (Å²) in [5.74, 6) is 0. The zero-order chi connectivity index (χ0) is 9.43. The maximum absolute atomic E-state index is 3.47. The average molecular weight is 170 g/mol. The van der Waals surface area contributed by atoms with Crippen molar-refractivity contribution in [3.8, 4) is 0 Å². The van der Waals surface area contributed by atoms with Crippen LogP contribution in [-0.4, -0.2) is 0 Å². The molecule has 0 aliphatic heterocycles. The van der Waals surface area contributed by atoms with E-state index in [1.807, 2.05) is 0 Å². The van der Waals surface area contributed by atoms with E-state index in [-0.39, 0.29) is 5.41 Å². The molecule has 2 radical (unpaired) electrons. The molecule has 0 saturated heterocycles. The summed E-state index contributed by atoms with van der Waals surface area (Å²) in [6.45, 7) is 9.13. The van der Waals surface area contributed by atoms with Crippen molar-refractivity contribution in [3.63, 3.8) is 0 Å². The van der Waals surface area contributed by atoms with Crippen LogP contribution in [-0.2, 0) is 10.8 Å². The fourth-order valence-electron chi connectivity index (χ4n) is 2.71. The molecule has 0 heteroatoms. The first-order chi connectivity index (χ1) is 5.94. The quantitative estimate of drug-likeness (QED) is 0.561. The van der Waals surface area contributed by atoms with Crippen molar-refractivity contribution in [2.75, 3.05) is 0 Å². The van der Waals surface area contributed by atoms with Crippen LogP contribution in [0.25, 0.3) is 0 Å². The van der Waals surface area contributed by atoms with E-state index in [0.29, 0.717) is 5.41 Å². The lowest BCUT2D eigenvalue weighted by molar-refractivity contribution is 0.562. The molecule has 0 amide bonds. The number of fused-ring (bicyclic) bond motifs is 3. The molecule has 0 fully saturated rings. The van der Waals surface area contributed by atoms with Gasteiger partial charge in [-0.2, -0.15) is 0 Å². The van der Waals surface area contributed by atoms with Crippen molar-refractivity contribution in [1.29, 1.82) is 0 Å². The largest absolute Gasteiger partial charge is 0.0578 e. The van der Waals surface area contributed by atoms with Gasteiger partial charge in [0.1, 0.15) is 0 Å². The topological polar surface area (TPSA) is 0 Å². The van der Waals surface area contributed by atoms with Crippen molar-refractivity contribution in [3.05, 3.63) is 40.8 Å². The molecule has 66 valence electrons. The van der Waals surface area contributed by atoms with Crippen LogP contribution in [0.3, 0.4) is 0 Å². The summed E-state index contributed by atoms with van der Waals surface area (Å²) in [6, 6.07) is 4.48. The molecule has 0 unspecified atom stereocenters. The first-order valence-corrected chi connectivity index (χ1v) is 4.91. The standard InChI is InChI=1S/C13H14/c1-12(2)7-8-5-6-9-11(10(8)12)13(9,3)4/h5-6H,1-4H3.